The van der Waals surface area contributed by atoms with Gasteiger partial charge in [-0.05, 0) is 104 Å². The van der Waals surface area contributed by atoms with Crippen LogP contribution < -0.4 is 15.0 Å². The molecule has 1 saturated heterocycles. The number of aromatic nitrogens is 5. The first-order valence-electron chi connectivity index (χ1n) is 15.1. The van der Waals surface area contributed by atoms with Crippen molar-refractivity contribution in [1.29, 1.82) is 0 Å². The molecule has 4 heterocycles. The minimum atomic E-state index is -0.637. The predicted octanol–water partition coefficient (Wildman–Crippen LogP) is 6.29. The number of nitrogens with one attached hydrogen (secondary N) is 1. The second-order valence-electron chi connectivity index (χ2n) is 13.0. The maximum Gasteiger partial charge on any atom is 0.408 e. The first kappa shape index (κ1) is 29.8. The van der Waals surface area contributed by atoms with Crippen LogP contribution in [0.5, 0.6) is 5.75 Å². The van der Waals surface area contributed by atoms with E-state index in [1.165, 1.54) is 6.07 Å². The molecule has 3 aromatic heterocycles. The van der Waals surface area contributed by atoms with Crippen LogP contribution in [0.1, 0.15) is 56.3 Å². The Labute approximate surface area is 274 Å². The highest BCUT2D eigenvalue weighted by Gasteiger charge is 2.49. The standard InChI is InChI=1S/C33H35FIN7O3/c1-32(2,3)45-31(43)37-26-24-17-22(34)8-7-21(24)18-33(26)11-14-40(15-12-33)30-38-29-25(28-36-13-16-41(28)30)27(35)39-42(29)19-20-5-9-23(44-4)10-6-20/h5-10,13,16-17,26H,11-12,14-15,18-19H2,1-4H3,(H,37,43)/t26-/m1/s1. The van der Waals surface area contributed by atoms with Gasteiger partial charge in [-0.2, -0.15) is 10.1 Å². The topological polar surface area (TPSA) is 98.8 Å². The Hall–Kier alpha value is -3.94. The van der Waals surface area contributed by atoms with Crippen molar-refractivity contribution in [3.63, 3.8) is 0 Å². The van der Waals surface area contributed by atoms with Crippen molar-refractivity contribution in [1.82, 2.24) is 29.5 Å². The van der Waals surface area contributed by atoms with Crippen molar-refractivity contribution in [2.75, 3.05) is 25.1 Å². The number of rotatable bonds is 5. The molecule has 12 heteroatoms. The number of carbonyl (C=O) groups is 1. The van der Waals surface area contributed by atoms with Crippen LogP contribution in [-0.2, 0) is 17.7 Å². The molecule has 10 nitrogen and oxygen atoms in total. The summed E-state index contributed by atoms with van der Waals surface area (Å²) >= 11 is 2.26. The van der Waals surface area contributed by atoms with Gasteiger partial charge in [0.25, 0.3) is 0 Å². The molecule has 1 aliphatic heterocycles. The van der Waals surface area contributed by atoms with E-state index in [0.29, 0.717) is 19.6 Å². The summed E-state index contributed by atoms with van der Waals surface area (Å²) in [4.78, 5) is 25.2. The van der Waals surface area contributed by atoms with Crippen LogP contribution in [0.2, 0.25) is 0 Å². The number of anilines is 1. The molecule has 1 amide bonds. The van der Waals surface area contributed by atoms with Crippen molar-refractivity contribution in [3.05, 3.63) is 81.1 Å². The van der Waals surface area contributed by atoms with E-state index in [1.54, 1.807) is 19.4 Å². The summed E-state index contributed by atoms with van der Waals surface area (Å²) in [5.41, 5.74) is 3.67. The van der Waals surface area contributed by atoms with Crippen LogP contribution >= 0.6 is 22.6 Å². The first-order valence-corrected chi connectivity index (χ1v) is 16.2. The summed E-state index contributed by atoms with van der Waals surface area (Å²) in [6.07, 6.45) is 5.57. The molecule has 1 aliphatic carbocycles. The normalized spacial score (nSPS) is 17.6. The number of halogens is 2. The highest BCUT2D eigenvalue weighted by molar-refractivity contribution is 14.1. The summed E-state index contributed by atoms with van der Waals surface area (Å²) in [6, 6.07) is 12.5. The molecule has 1 atom stereocenters. The Morgan fingerprint density at radius 3 is 2.60 bits per heavy atom. The molecule has 0 unspecified atom stereocenters. The van der Waals surface area contributed by atoms with Gasteiger partial charge in [-0.25, -0.2) is 18.9 Å². The van der Waals surface area contributed by atoms with Gasteiger partial charge in [0.05, 0.1) is 25.1 Å². The molecule has 0 radical (unpaired) electrons. The third-order valence-electron chi connectivity index (χ3n) is 8.94. The van der Waals surface area contributed by atoms with E-state index in [4.69, 9.17) is 24.5 Å². The van der Waals surface area contributed by atoms with E-state index in [1.807, 2.05) is 66.4 Å². The number of hydrogen-bond donors (Lipinski definition) is 1. The number of carbonyl (C=O) groups excluding carboxylic acids is 1. The summed E-state index contributed by atoms with van der Waals surface area (Å²) in [7, 11) is 1.66. The number of fused-ring (bicyclic) bond motifs is 4. The van der Waals surface area contributed by atoms with Crippen LogP contribution in [0.15, 0.2) is 54.9 Å². The maximum absolute atomic E-state index is 14.5. The molecule has 1 fully saturated rings. The third-order valence-corrected chi connectivity index (χ3v) is 9.69. The Kier molecular flexibility index (Phi) is 7.37. The lowest BCUT2D eigenvalue weighted by atomic mass is 9.73. The van der Waals surface area contributed by atoms with Gasteiger partial charge in [0.15, 0.2) is 11.3 Å². The summed E-state index contributed by atoms with van der Waals surface area (Å²) in [6.45, 7) is 7.49. The molecule has 234 valence electrons. The average Bonchev–Trinajstić information content (AvgIpc) is 3.68. The third kappa shape index (κ3) is 5.46. The lowest BCUT2D eigenvalue weighted by molar-refractivity contribution is 0.0427. The van der Waals surface area contributed by atoms with Crippen LogP contribution in [0.3, 0.4) is 0 Å². The molecular formula is C33H35FIN7O3. The van der Waals surface area contributed by atoms with Crippen molar-refractivity contribution < 1.29 is 18.7 Å². The zero-order valence-electron chi connectivity index (χ0n) is 25.7. The van der Waals surface area contributed by atoms with E-state index < -0.39 is 11.7 Å². The van der Waals surface area contributed by atoms with Gasteiger partial charge in [-0.1, -0.05) is 18.2 Å². The number of benzene rings is 2. The molecule has 2 aliphatic rings. The van der Waals surface area contributed by atoms with Gasteiger partial charge in [0.1, 0.15) is 20.9 Å². The number of amides is 1. The number of alkyl carbamates (subject to hydrolysis) is 1. The second-order valence-corrected chi connectivity index (χ2v) is 14.0. The van der Waals surface area contributed by atoms with Gasteiger partial charge in [-0.15, -0.1) is 0 Å². The van der Waals surface area contributed by atoms with Crippen LogP contribution in [0.4, 0.5) is 15.1 Å². The molecule has 1 spiro atoms. The monoisotopic (exact) mass is 723 g/mol. The largest absolute Gasteiger partial charge is 0.497 e. The van der Waals surface area contributed by atoms with E-state index in [9.17, 15) is 9.18 Å². The fourth-order valence-electron chi connectivity index (χ4n) is 6.85. The SMILES string of the molecule is COc1ccc(Cn2nc(I)c3c2nc(N2CCC4(CC2)Cc2ccc(F)cc2[C@H]4NC(=O)OC(C)(C)C)n2ccnc32)cc1. The van der Waals surface area contributed by atoms with Crippen molar-refractivity contribution in [3.8, 4) is 5.75 Å². The van der Waals surface area contributed by atoms with E-state index >= 15 is 0 Å². The van der Waals surface area contributed by atoms with Gasteiger partial charge in [-0.3, -0.25) is 4.40 Å². The number of imidazole rings is 1. The lowest BCUT2D eigenvalue weighted by Crippen LogP contribution is -2.48. The van der Waals surface area contributed by atoms with Crippen LogP contribution in [0.25, 0.3) is 16.7 Å². The zero-order valence-corrected chi connectivity index (χ0v) is 27.8. The molecule has 0 saturated carbocycles. The summed E-state index contributed by atoms with van der Waals surface area (Å²) in [5, 5.41) is 8.89. The average molecular weight is 724 g/mol. The minimum absolute atomic E-state index is 0.271. The van der Waals surface area contributed by atoms with E-state index in [2.05, 4.69) is 32.8 Å². The van der Waals surface area contributed by atoms with Gasteiger partial charge in [0.2, 0.25) is 5.95 Å². The fourth-order valence-corrected chi connectivity index (χ4v) is 7.59. The lowest BCUT2D eigenvalue weighted by Gasteiger charge is -2.43. The number of methoxy groups -OCH3 is 1. The number of nitrogens with zero attached hydrogens (tertiary/aromatic N) is 6. The highest BCUT2D eigenvalue weighted by atomic mass is 127. The van der Waals surface area contributed by atoms with E-state index in [-0.39, 0.29) is 17.3 Å². The van der Waals surface area contributed by atoms with Crippen molar-refractivity contribution in [2.45, 2.75) is 58.2 Å². The van der Waals surface area contributed by atoms with Gasteiger partial charge < -0.3 is 19.7 Å². The Balaban J connectivity index is 1.20. The first-order chi connectivity index (χ1) is 21.5. The zero-order chi connectivity index (χ0) is 31.5. The molecule has 7 rings (SSSR count). The molecule has 1 N–H and O–H groups in total. The van der Waals surface area contributed by atoms with E-state index in [0.717, 1.165) is 68.0 Å². The molecule has 5 aromatic rings. The quantitative estimate of drug-likeness (QED) is 0.213. The fraction of sp³-hybridized carbons (Fsp3) is 0.394. The maximum atomic E-state index is 14.5. The Bertz CT molecular complexity index is 1910. The number of piperidine rings is 1. The van der Waals surface area contributed by atoms with Crippen molar-refractivity contribution >= 4 is 51.3 Å². The predicted molar refractivity (Wildman–Crippen MR) is 177 cm³/mol. The Morgan fingerprint density at radius 1 is 1.13 bits per heavy atom. The van der Waals surface area contributed by atoms with Crippen molar-refractivity contribution in [2.24, 2.45) is 5.41 Å². The molecule has 0 bridgehead atoms. The second kappa shape index (κ2) is 11.1. The molecule has 2 aromatic carbocycles. The van der Waals surface area contributed by atoms with Gasteiger partial charge in [0, 0.05) is 30.9 Å². The number of ether oxygens (including phenoxy) is 2. The van der Waals surface area contributed by atoms with Crippen LogP contribution in [-0.4, -0.2) is 56.0 Å². The smallest absolute Gasteiger partial charge is 0.408 e. The van der Waals surface area contributed by atoms with Crippen LogP contribution in [0, 0.1) is 14.9 Å². The Morgan fingerprint density at radius 2 is 1.89 bits per heavy atom. The minimum Gasteiger partial charge on any atom is -0.497 e. The molecule has 45 heavy (non-hydrogen) atoms. The highest BCUT2D eigenvalue weighted by Crippen LogP contribution is 2.52. The number of hydrogen-bond acceptors (Lipinski definition) is 7. The van der Waals surface area contributed by atoms with Gasteiger partial charge >= 0.3 is 6.09 Å². The molecular weight excluding hydrogens is 688 g/mol. The summed E-state index contributed by atoms with van der Waals surface area (Å²) in [5.74, 6) is 1.30. The summed E-state index contributed by atoms with van der Waals surface area (Å²) < 4.78 is 30.2.